The van der Waals surface area contributed by atoms with E-state index in [0.717, 1.165) is 39.1 Å². The van der Waals surface area contributed by atoms with Crippen LogP contribution in [0.3, 0.4) is 0 Å². The van der Waals surface area contributed by atoms with Crippen LogP contribution in [-0.2, 0) is 14.2 Å². The van der Waals surface area contributed by atoms with E-state index in [1.807, 2.05) is 0 Å². The Morgan fingerprint density at radius 1 is 0.833 bits per heavy atom. The minimum atomic E-state index is -2.22. The van der Waals surface area contributed by atoms with Gasteiger partial charge in [-0.15, -0.1) is 0 Å². The summed E-state index contributed by atoms with van der Waals surface area (Å²) in [6.07, 6.45) is 11.5. The molecule has 1 rings (SSSR count). The number of ether oxygens (including phenoxy) is 3. The molecule has 1 saturated heterocycles. The summed E-state index contributed by atoms with van der Waals surface area (Å²) in [6, 6.07) is 0. The summed E-state index contributed by atoms with van der Waals surface area (Å²) in [7, 11) is 0. The average molecular weight is 538 g/mol. The number of unbranched alkanes of at least 4 members (excludes halogenated alkanes) is 3. The molecule has 3 nitrogen and oxygen atoms in total. The topological polar surface area (TPSA) is 27.7 Å². The van der Waals surface area contributed by atoms with Crippen molar-refractivity contribution in [2.75, 3.05) is 24.0 Å². The van der Waals surface area contributed by atoms with Gasteiger partial charge < -0.3 is 0 Å². The van der Waals surface area contributed by atoms with E-state index >= 15 is 0 Å². The van der Waals surface area contributed by atoms with Crippen LogP contribution in [0.25, 0.3) is 0 Å². The number of rotatable bonds is 15. The summed E-state index contributed by atoms with van der Waals surface area (Å²) < 4.78 is 23.3. The van der Waals surface area contributed by atoms with Gasteiger partial charge in [-0.05, 0) is 0 Å². The molecule has 1 aliphatic heterocycles. The third kappa shape index (κ3) is 10.1. The van der Waals surface area contributed by atoms with Crippen LogP contribution in [0.2, 0.25) is 11.9 Å². The van der Waals surface area contributed by atoms with Crippen LogP contribution in [0.1, 0.15) is 78.6 Å². The van der Waals surface area contributed by atoms with Crippen LogP contribution >= 0.6 is 0 Å². The van der Waals surface area contributed by atoms with Crippen molar-refractivity contribution in [2.24, 2.45) is 0 Å². The first-order valence-electron chi connectivity index (χ1n) is 10.6. The van der Waals surface area contributed by atoms with Crippen molar-refractivity contribution in [2.45, 2.75) is 96.8 Å². The average Bonchev–Trinajstić information content (AvgIpc) is 2.63. The quantitative estimate of drug-likeness (QED) is 0.191. The predicted molar refractivity (Wildman–Crippen MR) is 105 cm³/mol. The van der Waals surface area contributed by atoms with E-state index in [0.29, 0.717) is 0 Å². The fraction of sp³-hybridized carbons (Fsp3) is 1.00. The molecule has 0 aromatic carbocycles. The van der Waals surface area contributed by atoms with Crippen molar-refractivity contribution in [1.82, 2.24) is 0 Å². The summed E-state index contributed by atoms with van der Waals surface area (Å²) >= 11 is -2.22. The molecule has 24 heavy (non-hydrogen) atoms. The molecule has 0 bridgehead atoms. The minimum absolute atomic E-state index is 0.0250. The number of hydrogen-bond acceptors (Lipinski definition) is 3. The molecule has 0 atom stereocenters. The molecule has 0 unspecified atom stereocenters. The van der Waals surface area contributed by atoms with Crippen LogP contribution in [0.5, 0.6) is 0 Å². The van der Waals surface area contributed by atoms with E-state index in [4.69, 9.17) is 14.2 Å². The van der Waals surface area contributed by atoms with Crippen molar-refractivity contribution < 1.29 is 14.2 Å². The molecule has 1 fully saturated rings. The van der Waals surface area contributed by atoms with Gasteiger partial charge in [0.1, 0.15) is 0 Å². The van der Waals surface area contributed by atoms with Gasteiger partial charge in [0.2, 0.25) is 0 Å². The molecule has 1 heterocycles. The Morgan fingerprint density at radius 3 is 1.88 bits per heavy atom. The van der Waals surface area contributed by atoms with Gasteiger partial charge in [0.25, 0.3) is 0 Å². The molecule has 0 spiro atoms. The zero-order valence-corrected chi connectivity index (χ0v) is 20.5. The monoisotopic (exact) mass is 538 g/mol. The van der Waals surface area contributed by atoms with Gasteiger partial charge in [-0.2, -0.15) is 0 Å². The van der Waals surface area contributed by atoms with Crippen LogP contribution in [0.15, 0.2) is 0 Å². The second-order valence-electron chi connectivity index (χ2n) is 7.53. The molecule has 0 radical (unpaired) electrons. The van der Waals surface area contributed by atoms with E-state index in [-0.39, 0.29) is 6.29 Å². The molecular formula is C20H42O3Pb. The Hall–Kier alpha value is 0.802. The van der Waals surface area contributed by atoms with Crippen molar-refractivity contribution in [3.63, 3.8) is 0 Å². The molecule has 0 saturated carbocycles. The standard InChI is InChI=1S/C8H15O3.3C4H9.Pb/c1-9-5-2-4-8-10-6-3-7-11-8;3*1-3-4-2;/h8H,1-7H2;3*1,3-4H2,2H3;. The molecule has 0 amide bonds. The molecule has 0 aromatic heterocycles. The van der Waals surface area contributed by atoms with E-state index in [9.17, 15) is 0 Å². The molecular weight excluding hydrogens is 495 g/mol. The van der Waals surface area contributed by atoms with Crippen LogP contribution in [0.4, 0.5) is 0 Å². The van der Waals surface area contributed by atoms with Crippen molar-refractivity contribution >= 4 is 21.2 Å². The van der Waals surface area contributed by atoms with Crippen molar-refractivity contribution in [3.8, 4) is 0 Å². The zero-order chi connectivity index (χ0) is 17.5. The normalized spacial score (nSPS) is 16.6. The summed E-state index contributed by atoms with van der Waals surface area (Å²) in [6.45, 7) is 9.62. The van der Waals surface area contributed by atoms with Crippen LogP contribution in [-0.4, -0.2) is 51.4 Å². The maximum atomic E-state index is 6.27. The van der Waals surface area contributed by atoms with E-state index in [2.05, 4.69) is 20.8 Å². The van der Waals surface area contributed by atoms with Crippen LogP contribution < -0.4 is 0 Å². The van der Waals surface area contributed by atoms with Gasteiger partial charge in [0.15, 0.2) is 0 Å². The van der Waals surface area contributed by atoms with Gasteiger partial charge in [-0.25, -0.2) is 0 Å². The Kier molecular flexibility index (Phi) is 14.2. The summed E-state index contributed by atoms with van der Waals surface area (Å²) in [5.41, 5.74) is 0. The van der Waals surface area contributed by atoms with E-state index in [1.165, 1.54) is 42.7 Å². The molecule has 0 aromatic rings. The van der Waals surface area contributed by atoms with Crippen molar-refractivity contribution in [1.29, 1.82) is 0 Å². The molecule has 4 heteroatoms. The predicted octanol–water partition coefficient (Wildman–Crippen LogP) is 5.93. The van der Waals surface area contributed by atoms with Gasteiger partial charge in [-0.3, -0.25) is 0 Å². The van der Waals surface area contributed by atoms with E-state index < -0.39 is 21.2 Å². The molecule has 0 N–H and O–H groups in total. The first-order chi connectivity index (χ1) is 11.8. The summed E-state index contributed by atoms with van der Waals surface area (Å²) in [4.78, 5) is 0. The Morgan fingerprint density at radius 2 is 1.38 bits per heavy atom. The molecule has 0 aliphatic carbocycles. The summed E-state index contributed by atoms with van der Waals surface area (Å²) in [5.74, 6) is 0. The first-order valence-corrected chi connectivity index (χ1v) is 21.6. The van der Waals surface area contributed by atoms with Crippen LogP contribution in [0, 0.1) is 0 Å². The third-order valence-electron chi connectivity index (χ3n) is 5.21. The summed E-state index contributed by atoms with van der Waals surface area (Å²) in [5, 5.41) is 0. The fourth-order valence-electron chi connectivity index (χ4n) is 3.59. The van der Waals surface area contributed by atoms with Gasteiger partial charge >= 0.3 is 156 Å². The second-order valence-corrected chi connectivity index (χ2v) is 26.1. The first kappa shape index (κ1) is 22.8. The van der Waals surface area contributed by atoms with Crippen molar-refractivity contribution in [3.05, 3.63) is 0 Å². The molecule has 144 valence electrons. The van der Waals surface area contributed by atoms with Gasteiger partial charge in [0.05, 0.1) is 0 Å². The van der Waals surface area contributed by atoms with Gasteiger partial charge in [0, 0.05) is 0 Å². The van der Waals surface area contributed by atoms with Gasteiger partial charge in [-0.1, -0.05) is 0 Å². The second kappa shape index (κ2) is 14.9. The zero-order valence-electron chi connectivity index (χ0n) is 16.6. The number of hydrogen-bond donors (Lipinski definition) is 0. The molecule has 1 aliphatic rings. The maximum absolute atomic E-state index is 6.27. The SMILES string of the molecule is CCC[CH2][Pb]([CH2]CCC)([CH2]CCC)[CH2]OCCCC1OCCCO1. The Labute approximate surface area is 155 Å². The Balaban J connectivity index is 2.34. The Bertz CT molecular complexity index is 258. The fourth-order valence-corrected chi connectivity index (χ4v) is 23.3. The van der Waals surface area contributed by atoms with E-state index in [1.54, 1.807) is 11.9 Å². The third-order valence-corrected chi connectivity index (χ3v) is 24.9.